The average molecular weight is 582 g/mol. The highest BCUT2D eigenvalue weighted by molar-refractivity contribution is 7.09. The lowest BCUT2D eigenvalue weighted by molar-refractivity contribution is 0.0400. The Morgan fingerprint density at radius 2 is 1.57 bits per heavy atom. The number of aliphatic hydroxyl groups excluding tert-OH is 1. The maximum absolute atomic E-state index is 10.9. The Labute approximate surface area is 252 Å². The average Bonchev–Trinajstić information content (AvgIpc) is 3.40. The minimum atomic E-state index is -0.567. The standard InChI is InChI=1S/C35H39N3O3S/c1-40-24-34-36-29(25-42-34)17-16-28-10-4-7-13-33(28)41-23-30(39)22-37-18-20-38(21-19-37)35-31-11-5-2-8-26(31)14-15-27-9-3-6-12-32(27)35/h2-13,16-17,25,30,35,39H,14-15,18-24H2,1H3/b17-16+. The molecule has 6 rings (SSSR count). The predicted molar refractivity (Wildman–Crippen MR) is 170 cm³/mol. The Balaban J connectivity index is 1.04. The lowest BCUT2D eigenvalue weighted by Gasteiger charge is -2.40. The van der Waals surface area contributed by atoms with Gasteiger partial charge in [-0.15, -0.1) is 11.3 Å². The first-order valence-corrected chi connectivity index (χ1v) is 15.7. The molecule has 2 heterocycles. The van der Waals surface area contributed by atoms with Gasteiger partial charge in [0.2, 0.25) is 0 Å². The molecule has 1 unspecified atom stereocenters. The lowest BCUT2D eigenvalue weighted by Crippen LogP contribution is -2.50. The molecule has 0 saturated carbocycles. The van der Waals surface area contributed by atoms with Crippen LogP contribution in [-0.2, 0) is 24.2 Å². The molecule has 1 aromatic heterocycles. The summed E-state index contributed by atoms with van der Waals surface area (Å²) in [6, 6.07) is 26.1. The van der Waals surface area contributed by atoms with Crippen LogP contribution in [0.3, 0.4) is 0 Å². The summed E-state index contributed by atoms with van der Waals surface area (Å²) in [4.78, 5) is 9.56. The number of methoxy groups -OCH3 is 1. The fourth-order valence-corrected chi connectivity index (χ4v) is 6.88. The summed E-state index contributed by atoms with van der Waals surface area (Å²) >= 11 is 1.59. The summed E-state index contributed by atoms with van der Waals surface area (Å²) in [6.45, 7) is 5.17. The molecule has 42 heavy (non-hydrogen) atoms. The molecule has 0 radical (unpaired) electrons. The highest BCUT2D eigenvalue weighted by Crippen LogP contribution is 2.37. The third kappa shape index (κ3) is 6.83. The molecular weight excluding hydrogens is 542 g/mol. The topological polar surface area (TPSA) is 58.1 Å². The van der Waals surface area contributed by atoms with Crippen molar-refractivity contribution in [1.29, 1.82) is 0 Å². The number of aliphatic hydroxyl groups is 1. The molecule has 1 atom stereocenters. The molecule has 3 aromatic carbocycles. The van der Waals surface area contributed by atoms with Gasteiger partial charge in [-0.05, 0) is 53.3 Å². The molecular formula is C35H39N3O3S. The molecule has 1 aliphatic heterocycles. The lowest BCUT2D eigenvalue weighted by atomic mass is 9.92. The van der Waals surface area contributed by atoms with E-state index in [1.165, 1.54) is 22.3 Å². The summed E-state index contributed by atoms with van der Waals surface area (Å²) in [5.41, 5.74) is 7.68. The minimum Gasteiger partial charge on any atom is -0.490 e. The van der Waals surface area contributed by atoms with Crippen molar-refractivity contribution in [2.45, 2.75) is 31.6 Å². The van der Waals surface area contributed by atoms with Crippen LogP contribution in [0.1, 0.15) is 44.6 Å². The first kappa shape index (κ1) is 28.8. The Kier molecular flexibility index (Phi) is 9.43. The number of para-hydroxylation sites is 1. The molecule has 0 spiro atoms. The van der Waals surface area contributed by atoms with E-state index in [-0.39, 0.29) is 12.6 Å². The SMILES string of the molecule is COCc1nc(/C=C/c2ccccc2OCC(O)CN2CCN(C3c4ccccc4CCc4ccccc43)CC2)cs1. The normalized spacial score (nSPS) is 17.1. The summed E-state index contributed by atoms with van der Waals surface area (Å²) in [5.74, 6) is 0.760. The highest BCUT2D eigenvalue weighted by Gasteiger charge is 2.31. The number of fused-ring (bicyclic) bond motifs is 2. The second kappa shape index (κ2) is 13.8. The number of nitrogens with zero attached hydrogens (tertiary/aromatic N) is 3. The largest absolute Gasteiger partial charge is 0.490 e. The van der Waals surface area contributed by atoms with Gasteiger partial charge in [0.1, 0.15) is 23.5 Å². The molecule has 0 amide bonds. The molecule has 1 fully saturated rings. The maximum atomic E-state index is 10.9. The van der Waals surface area contributed by atoms with E-state index >= 15 is 0 Å². The molecule has 1 aliphatic carbocycles. The summed E-state index contributed by atoms with van der Waals surface area (Å²) in [7, 11) is 1.68. The van der Waals surface area contributed by atoms with Crippen molar-refractivity contribution < 1.29 is 14.6 Å². The van der Waals surface area contributed by atoms with Crippen LogP contribution in [0.5, 0.6) is 5.75 Å². The fourth-order valence-electron chi connectivity index (χ4n) is 6.14. The number of hydrogen-bond acceptors (Lipinski definition) is 7. The summed E-state index contributed by atoms with van der Waals surface area (Å²) in [5, 5.41) is 13.9. The van der Waals surface area contributed by atoms with E-state index in [0.29, 0.717) is 13.2 Å². The van der Waals surface area contributed by atoms with Crippen LogP contribution in [0.15, 0.2) is 78.2 Å². The van der Waals surface area contributed by atoms with Gasteiger partial charge in [0.25, 0.3) is 0 Å². The van der Waals surface area contributed by atoms with Gasteiger partial charge < -0.3 is 14.6 Å². The van der Waals surface area contributed by atoms with Gasteiger partial charge in [-0.1, -0.05) is 66.7 Å². The second-order valence-electron chi connectivity index (χ2n) is 11.1. The number of aryl methyl sites for hydroxylation is 2. The number of benzene rings is 3. The van der Waals surface area contributed by atoms with Crippen molar-refractivity contribution in [3.05, 3.63) is 117 Å². The van der Waals surface area contributed by atoms with Gasteiger partial charge in [-0.2, -0.15) is 0 Å². The number of ether oxygens (including phenoxy) is 2. The van der Waals surface area contributed by atoms with Crippen LogP contribution in [0.4, 0.5) is 0 Å². The Hall–Kier alpha value is -3.33. The van der Waals surface area contributed by atoms with E-state index < -0.39 is 6.10 Å². The van der Waals surface area contributed by atoms with Gasteiger partial charge >= 0.3 is 0 Å². The molecule has 7 heteroatoms. The zero-order valence-electron chi connectivity index (χ0n) is 24.2. The zero-order chi connectivity index (χ0) is 28.7. The van der Waals surface area contributed by atoms with Gasteiger partial charge in [-0.3, -0.25) is 9.80 Å². The monoisotopic (exact) mass is 581 g/mol. The summed E-state index contributed by atoms with van der Waals surface area (Å²) < 4.78 is 11.3. The third-order valence-electron chi connectivity index (χ3n) is 8.23. The highest BCUT2D eigenvalue weighted by atomic mass is 32.1. The molecule has 2 aliphatic rings. The first-order valence-electron chi connectivity index (χ1n) is 14.8. The van der Waals surface area contributed by atoms with Crippen LogP contribution in [-0.4, -0.2) is 72.4 Å². The van der Waals surface area contributed by atoms with Crippen LogP contribution >= 0.6 is 11.3 Å². The van der Waals surface area contributed by atoms with E-state index in [0.717, 1.165) is 61.0 Å². The Morgan fingerprint density at radius 3 is 2.29 bits per heavy atom. The molecule has 218 valence electrons. The van der Waals surface area contributed by atoms with Crippen molar-refractivity contribution in [3.63, 3.8) is 0 Å². The predicted octanol–water partition coefficient (Wildman–Crippen LogP) is 5.71. The molecule has 0 bridgehead atoms. The molecule has 1 N–H and O–H groups in total. The molecule has 4 aromatic rings. The van der Waals surface area contributed by atoms with Crippen LogP contribution in [0.2, 0.25) is 0 Å². The second-order valence-corrected chi connectivity index (χ2v) is 12.0. The first-order chi connectivity index (χ1) is 20.7. The van der Waals surface area contributed by atoms with Crippen molar-refractivity contribution in [2.75, 3.05) is 46.4 Å². The van der Waals surface area contributed by atoms with Crippen molar-refractivity contribution >= 4 is 23.5 Å². The van der Waals surface area contributed by atoms with Crippen molar-refractivity contribution in [2.24, 2.45) is 0 Å². The van der Waals surface area contributed by atoms with Crippen LogP contribution in [0.25, 0.3) is 12.2 Å². The zero-order valence-corrected chi connectivity index (χ0v) is 25.0. The quantitative estimate of drug-likeness (QED) is 0.259. The van der Waals surface area contributed by atoms with E-state index in [2.05, 4.69) is 63.3 Å². The molecule has 1 saturated heterocycles. The van der Waals surface area contributed by atoms with E-state index in [9.17, 15) is 5.11 Å². The fraction of sp³-hybridized carbons (Fsp3) is 0.343. The Morgan fingerprint density at radius 1 is 0.905 bits per heavy atom. The van der Waals surface area contributed by atoms with Crippen LogP contribution < -0.4 is 4.74 Å². The smallest absolute Gasteiger partial charge is 0.126 e. The number of β-amino-alcohol motifs (C(OH)–C–C–N with tert-alkyl or cyclic N) is 1. The van der Waals surface area contributed by atoms with E-state index in [4.69, 9.17) is 9.47 Å². The number of rotatable bonds is 10. The van der Waals surface area contributed by atoms with Gasteiger partial charge in [0, 0.05) is 50.8 Å². The van der Waals surface area contributed by atoms with Crippen molar-refractivity contribution in [3.8, 4) is 5.75 Å². The number of thiazole rings is 1. The molecule has 6 nitrogen and oxygen atoms in total. The summed E-state index contributed by atoms with van der Waals surface area (Å²) in [6.07, 6.45) is 5.61. The Bertz CT molecular complexity index is 1450. The van der Waals surface area contributed by atoms with Gasteiger partial charge in [0.05, 0.1) is 18.3 Å². The van der Waals surface area contributed by atoms with Crippen LogP contribution in [0, 0.1) is 0 Å². The van der Waals surface area contributed by atoms with Crippen molar-refractivity contribution in [1.82, 2.24) is 14.8 Å². The van der Waals surface area contributed by atoms with E-state index in [1.54, 1.807) is 18.4 Å². The number of hydrogen-bond donors (Lipinski definition) is 1. The minimum absolute atomic E-state index is 0.253. The maximum Gasteiger partial charge on any atom is 0.126 e. The number of aromatic nitrogens is 1. The van der Waals surface area contributed by atoms with Gasteiger partial charge in [-0.25, -0.2) is 4.98 Å². The van der Waals surface area contributed by atoms with Gasteiger partial charge in [0.15, 0.2) is 0 Å². The van der Waals surface area contributed by atoms with E-state index in [1.807, 2.05) is 41.8 Å². The number of piperazine rings is 1. The third-order valence-corrected chi connectivity index (χ3v) is 9.07.